The van der Waals surface area contributed by atoms with Crippen molar-refractivity contribution < 1.29 is 4.79 Å². The first kappa shape index (κ1) is 6.78. The second-order valence-electron chi connectivity index (χ2n) is 2.38. The summed E-state index contributed by atoms with van der Waals surface area (Å²) in [5.41, 5.74) is 6.80. The second kappa shape index (κ2) is 2.30. The van der Waals surface area contributed by atoms with Gasteiger partial charge >= 0.3 is 0 Å². The maximum atomic E-state index is 10.8. The monoisotopic (exact) mass is 162 g/mol. The number of pyridine rings is 1. The molecule has 5 heteroatoms. The van der Waals surface area contributed by atoms with Crippen LogP contribution in [0.5, 0.6) is 0 Å². The van der Waals surface area contributed by atoms with E-state index < -0.39 is 5.91 Å². The summed E-state index contributed by atoms with van der Waals surface area (Å²) in [4.78, 5) is 13.6. The van der Waals surface area contributed by atoms with E-state index in [9.17, 15) is 4.79 Å². The molecule has 0 aromatic carbocycles. The number of nitrogens with one attached hydrogen (secondary N) is 1. The molecule has 2 aliphatic heterocycles. The van der Waals surface area contributed by atoms with E-state index in [1.165, 1.54) is 6.20 Å². The van der Waals surface area contributed by atoms with Crippen LogP contribution in [-0.2, 0) is 0 Å². The van der Waals surface area contributed by atoms with Gasteiger partial charge in [-0.25, -0.2) is 0 Å². The van der Waals surface area contributed by atoms with E-state index in [1.807, 2.05) is 0 Å². The van der Waals surface area contributed by atoms with E-state index >= 15 is 0 Å². The number of aromatic amines is 1. The topological polar surface area (TPSA) is 84.7 Å². The summed E-state index contributed by atoms with van der Waals surface area (Å²) in [5, 5.41) is 7.44. The number of carbonyl (C=O) groups excluding carboxylic acids is 1. The number of aromatic nitrogens is 3. The molecule has 0 radical (unpaired) electrons. The van der Waals surface area contributed by atoms with E-state index in [0.717, 1.165) is 5.56 Å². The summed E-state index contributed by atoms with van der Waals surface area (Å²) < 4.78 is 0. The quantitative estimate of drug-likeness (QED) is 0.619. The van der Waals surface area contributed by atoms with Crippen LogP contribution >= 0.6 is 0 Å². The SMILES string of the molecule is NC(=O)c1c[nH]cc2cnnc1-2. The lowest BCUT2D eigenvalue weighted by Crippen LogP contribution is -2.13. The molecular weight excluding hydrogens is 156 g/mol. The summed E-state index contributed by atoms with van der Waals surface area (Å²) in [6.45, 7) is 0. The third-order valence-corrected chi connectivity index (χ3v) is 1.62. The number of H-pyrrole nitrogens is 1. The number of nitrogens with two attached hydrogens (primary N) is 1. The summed E-state index contributed by atoms with van der Waals surface area (Å²) in [6, 6.07) is 0. The van der Waals surface area contributed by atoms with Crippen LogP contribution in [0.15, 0.2) is 18.6 Å². The van der Waals surface area contributed by atoms with Crippen molar-refractivity contribution in [3.8, 4) is 11.3 Å². The largest absolute Gasteiger partial charge is 0.366 e. The molecule has 0 saturated heterocycles. The zero-order valence-electron chi connectivity index (χ0n) is 6.11. The summed E-state index contributed by atoms with van der Waals surface area (Å²) in [5.74, 6) is -0.502. The van der Waals surface area contributed by atoms with Crippen molar-refractivity contribution in [1.82, 2.24) is 15.2 Å². The van der Waals surface area contributed by atoms with Gasteiger partial charge in [-0.2, -0.15) is 5.10 Å². The summed E-state index contributed by atoms with van der Waals surface area (Å²) in [7, 11) is 0. The zero-order valence-corrected chi connectivity index (χ0v) is 6.11. The molecule has 0 aromatic rings. The van der Waals surface area contributed by atoms with Gasteiger partial charge in [-0.1, -0.05) is 0 Å². The molecule has 2 aliphatic rings. The van der Waals surface area contributed by atoms with Crippen molar-refractivity contribution in [2.45, 2.75) is 0 Å². The Labute approximate surface area is 68.0 Å². The Hall–Kier alpha value is -1.91. The Bertz CT molecular complexity index is 394. The highest BCUT2D eigenvalue weighted by Crippen LogP contribution is 2.19. The average Bonchev–Trinajstić information content (AvgIpc) is 2.49. The molecule has 0 atom stereocenters. The Kier molecular flexibility index (Phi) is 1.30. The lowest BCUT2D eigenvalue weighted by atomic mass is 10.1. The van der Waals surface area contributed by atoms with Gasteiger partial charge in [-0.3, -0.25) is 4.79 Å². The standard InChI is InChI=1S/C7H6N4O/c8-7(12)5-3-9-1-4-2-10-11-6(4)5/h1-3,9H,(H2,8,12). The number of primary amides is 1. The molecule has 0 unspecified atom stereocenters. The molecule has 3 N–H and O–H groups in total. The summed E-state index contributed by atoms with van der Waals surface area (Å²) in [6.07, 6.45) is 4.79. The number of hydrogen-bond acceptors (Lipinski definition) is 3. The Morgan fingerprint density at radius 2 is 2.33 bits per heavy atom. The van der Waals surface area contributed by atoms with E-state index in [4.69, 9.17) is 5.73 Å². The second-order valence-corrected chi connectivity index (χ2v) is 2.38. The molecule has 12 heavy (non-hydrogen) atoms. The highest BCUT2D eigenvalue weighted by molar-refractivity contribution is 5.98. The fourth-order valence-corrected chi connectivity index (χ4v) is 1.05. The first-order valence-corrected chi connectivity index (χ1v) is 3.37. The molecule has 0 aliphatic carbocycles. The van der Waals surface area contributed by atoms with E-state index in [1.54, 1.807) is 12.4 Å². The molecule has 0 spiro atoms. The zero-order chi connectivity index (χ0) is 8.55. The Morgan fingerprint density at radius 1 is 1.50 bits per heavy atom. The van der Waals surface area contributed by atoms with Crippen molar-refractivity contribution in [1.29, 1.82) is 0 Å². The third kappa shape index (κ3) is 0.833. The van der Waals surface area contributed by atoms with Crippen LogP contribution in [0.3, 0.4) is 0 Å². The number of nitrogens with zero attached hydrogens (tertiary/aromatic N) is 2. The Morgan fingerprint density at radius 3 is 3.08 bits per heavy atom. The first-order valence-electron chi connectivity index (χ1n) is 3.37. The van der Waals surface area contributed by atoms with Gasteiger partial charge in [-0.05, 0) is 0 Å². The molecule has 0 bridgehead atoms. The lowest BCUT2D eigenvalue weighted by Gasteiger charge is -1.99. The van der Waals surface area contributed by atoms with Crippen LogP contribution in [0.25, 0.3) is 11.3 Å². The molecule has 0 fully saturated rings. The maximum Gasteiger partial charge on any atom is 0.252 e. The molecule has 2 rings (SSSR count). The van der Waals surface area contributed by atoms with Crippen LogP contribution in [0.4, 0.5) is 0 Å². The molecule has 5 nitrogen and oxygen atoms in total. The predicted molar refractivity (Wildman–Crippen MR) is 41.5 cm³/mol. The molecule has 2 heterocycles. The third-order valence-electron chi connectivity index (χ3n) is 1.62. The van der Waals surface area contributed by atoms with Crippen LogP contribution in [0.2, 0.25) is 0 Å². The minimum atomic E-state index is -0.502. The maximum absolute atomic E-state index is 10.8. The fraction of sp³-hybridized carbons (Fsp3) is 0. The van der Waals surface area contributed by atoms with Crippen molar-refractivity contribution in [2.24, 2.45) is 5.73 Å². The lowest BCUT2D eigenvalue weighted by molar-refractivity contribution is 0.100. The molecular formula is C7H6N4O. The van der Waals surface area contributed by atoms with Gasteiger partial charge in [0.15, 0.2) is 0 Å². The van der Waals surface area contributed by atoms with E-state index in [-0.39, 0.29) is 0 Å². The van der Waals surface area contributed by atoms with Crippen LogP contribution in [-0.4, -0.2) is 21.1 Å². The van der Waals surface area contributed by atoms with Gasteiger partial charge < -0.3 is 10.7 Å². The number of hydrogen-bond donors (Lipinski definition) is 2. The van der Waals surface area contributed by atoms with Crippen LogP contribution in [0.1, 0.15) is 10.4 Å². The normalized spacial score (nSPS) is 10.3. The van der Waals surface area contributed by atoms with Gasteiger partial charge in [0.05, 0.1) is 11.8 Å². The minimum absolute atomic E-state index is 0.366. The van der Waals surface area contributed by atoms with Crippen molar-refractivity contribution >= 4 is 5.91 Å². The number of carbonyl (C=O) groups is 1. The average molecular weight is 162 g/mol. The van der Waals surface area contributed by atoms with Crippen LogP contribution in [0, 0.1) is 0 Å². The van der Waals surface area contributed by atoms with Crippen molar-refractivity contribution in [3.05, 3.63) is 24.2 Å². The minimum Gasteiger partial charge on any atom is -0.366 e. The highest BCUT2D eigenvalue weighted by atomic mass is 16.1. The number of amides is 1. The molecule has 60 valence electrons. The highest BCUT2D eigenvalue weighted by Gasteiger charge is 2.13. The molecule has 0 saturated carbocycles. The number of fused-ring (bicyclic) bond motifs is 1. The fourth-order valence-electron chi connectivity index (χ4n) is 1.05. The predicted octanol–water partition coefficient (Wildman–Crippen LogP) is 0.00840. The van der Waals surface area contributed by atoms with Gasteiger partial charge in [0.25, 0.3) is 5.91 Å². The van der Waals surface area contributed by atoms with Gasteiger partial charge in [0, 0.05) is 18.0 Å². The smallest absolute Gasteiger partial charge is 0.252 e. The van der Waals surface area contributed by atoms with E-state index in [2.05, 4.69) is 15.2 Å². The first-order chi connectivity index (χ1) is 5.79. The van der Waals surface area contributed by atoms with Gasteiger partial charge in [0.1, 0.15) is 5.69 Å². The van der Waals surface area contributed by atoms with Gasteiger partial charge in [0.2, 0.25) is 0 Å². The Balaban J connectivity index is 2.71. The van der Waals surface area contributed by atoms with Crippen molar-refractivity contribution in [3.63, 3.8) is 0 Å². The van der Waals surface area contributed by atoms with Gasteiger partial charge in [-0.15, -0.1) is 5.10 Å². The van der Waals surface area contributed by atoms with E-state index in [0.29, 0.717) is 11.3 Å². The summed E-state index contributed by atoms with van der Waals surface area (Å²) >= 11 is 0. The van der Waals surface area contributed by atoms with Crippen LogP contribution < -0.4 is 5.73 Å². The molecule has 1 amide bonds. The van der Waals surface area contributed by atoms with Crippen molar-refractivity contribution in [2.75, 3.05) is 0 Å². The molecule has 0 aromatic heterocycles. The number of rotatable bonds is 1.